The molecule has 0 radical (unpaired) electrons. The van der Waals surface area contributed by atoms with E-state index in [2.05, 4.69) is 0 Å². The minimum absolute atomic E-state index is 0.131. The van der Waals surface area contributed by atoms with E-state index in [1.54, 1.807) is 6.92 Å². The number of likely N-dealkylation sites (tertiary alicyclic amines) is 1. The Morgan fingerprint density at radius 2 is 2.25 bits per heavy atom. The summed E-state index contributed by atoms with van der Waals surface area (Å²) in [6.45, 7) is 1.10. The molecule has 0 aromatic rings. The molecule has 0 saturated carbocycles. The predicted octanol–water partition coefficient (Wildman–Crippen LogP) is -0.534. The number of rotatable bonds is 2. The number of carboxylic acid groups (broad SMARTS) is 1. The maximum Gasteiger partial charge on any atom is 0.323 e. The second-order valence-corrected chi connectivity index (χ2v) is 2.82. The Labute approximate surface area is 69.0 Å². The first kappa shape index (κ1) is 8.70. The van der Waals surface area contributed by atoms with Crippen molar-refractivity contribution in [2.24, 2.45) is 5.92 Å². The molecule has 0 aliphatic carbocycles. The summed E-state index contributed by atoms with van der Waals surface area (Å²) in [6, 6.07) is 0. The van der Waals surface area contributed by atoms with Gasteiger partial charge in [-0.15, -0.1) is 0 Å². The highest BCUT2D eigenvalue weighted by Crippen LogP contribution is 2.17. The third kappa shape index (κ3) is 1.44. The molecule has 1 unspecified atom stereocenters. The standard InChI is InChI=1S/C7H9NO4/c1-4-2-5(9)8(7(4)12)3-6(10)11/h4H,2-3H2,1H3,(H,10,11). The van der Waals surface area contributed by atoms with Crippen molar-refractivity contribution in [1.82, 2.24) is 4.90 Å². The fourth-order valence-corrected chi connectivity index (χ4v) is 1.15. The Kier molecular flexibility index (Phi) is 2.12. The molecule has 1 saturated heterocycles. The molecule has 1 aliphatic heterocycles. The zero-order valence-corrected chi connectivity index (χ0v) is 6.61. The van der Waals surface area contributed by atoms with Crippen molar-refractivity contribution in [1.29, 1.82) is 0 Å². The maximum absolute atomic E-state index is 11.1. The average Bonchev–Trinajstić information content (AvgIpc) is 2.16. The van der Waals surface area contributed by atoms with E-state index in [1.807, 2.05) is 0 Å². The number of amides is 2. The summed E-state index contributed by atoms with van der Waals surface area (Å²) in [5, 5.41) is 8.35. The first-order valence-corrected chi connectivity index (χ1v) is 3.58. The smallest absolute Gasteiger partial charge is 0.323 e. The molecule has 1 rings (SSSR count). The average molecular weight is 171 g/mol. The van der Waals surface area contributed by atoms with Gasteiger partial charge in [0, 0.05) is 12.3 Å². The number of aliphatic carboxylic acids is 1. The fraction of sp³-hybridized carbons (Fsp3) is 0.571. The maximum atomic E-state index is 11.1. The van der Waals surface area contributed by atoms with E-state index < -0.39 is 18.4 Å². The van der Waals surface area contributed by atoms with Crippen molar-refractivity contribution < 1.29 is 19.5 Å². The summed E-state index contributed by atoms with van der Waals surface area (Å²) >= 11 is 0. The molecular formula is C7H9NO4. The lowest BCUT2D eigenvalue weighted by Crippen LogP contribution is -2.35. The summed E-state index contributed by atoms with van der Waals surface area (Å²) in [7, 11) is 0. The van der Waals surface area contributed by atoms with Crippen LogP contribution < -0.4 is 0 Å². The number of hydrogen-bond donors (Lipinski definition) is 1. The highest BCUT2D eigenvalue weighted by atomic mass is 16.4. The van der Waals surface area contributed by atoms with Crippen molar-refractivity contribution in [3.05, 3.63) is 0 Å². The van der Waals surface area contributed by atoms with Gasteiger partial charge in [0.1, 0.15) is 6.54 Å². The largest absolute Gasteiger partial charge is 0.480 e. The van der Waals surface area contributed by atoms with Crippen LogP contribution in [0, 0.1) is 5.92 Å². The molecule has 66 valence electrons. The van der Waals surface area contributed by atoms with Crippen molar-refractivity contribution in [2.45, 2.75) is 13.3 Å². The summed E-state index contributed by atoms with van der Waals surface area (Å²) in [5.74, 6) is -2.31. The molecule has 1 aliphatic rings. The fourth-order valence-electron chi connectivity index (χ4n) is 1.15. The second-order valence-electron chi connectivity index (χ2n) is 2.82. The molecule has 0 aromatic heterocycles. The zero-order chi connectivity index (χ0) is 9.30. The number of carboxylic acids is 1. The van der Waals surface area contributed by atoms with E-state index in [0.29, 0.717) is 0 Å². The first-order valence-electron chi connectivity index (χ1n) is 3.58. The molecule has 0 bridgehead atoms. The van der Waals surface area contributed by atoms with E-state index in [1.165, 1.54) is 0 Å². The lowest BCUT2D eigenvalue weighted by Gasteiger charge is -2.09. The van der Waals surface area contributed by atoms with Crippen LogP contribution in [0.5, 0.6) is 0 Å². The van der Waals surface area contributed by atoms with Crippen molar-refractivity contribution in [3.8, 4) is 0 Å². The lowest BCUT2D eigenvalue weighted by molar-refractivity contribution is -0.148. The van der Waals surface area contributed by atoms with Gasteiger partial charge in [0.05, 0.1) is 0 Å². The van der Waals surface area contributed by atoms with Gasteiger partial charge < -0.3 is 5.11 Å². The molecule has 12 heavy (non-hydrogen) atoms. The summed E-state index contributed by atoms with van der Waals surface area (Å²) in [5.41, 5.74) is 0. The molecule has 5 nitrogen and oxygen atoms in total. The molecule has 1 atom stereocenters. The van der Waals surface area contributed by atoms with Crippen LogP contribution >= 0.6 is 0 Å². The van der Waals surface area contributed by atoms with Gasteiger partial charge in [0.15, 0.2) is 0 Å². The molecular weight excluding hydrogens is 162 g/mol. The number of carbonyl (C=O) groups excluding carboxylic acids is 2. The van der Waals surface area contributed by atoms with Crippen LogP contribution in [0.3, 0.4) is 0 Å². The Bertz CT molecular complexity index is 248. The molecule has 1 fully saturated rings. The van der Waals surface area contributed by atoms with E-state index >= 15 is 0 Å². The van der Waals surface area contributed by atoms with E-state index in [4.69, 9.17) is 5.11 Å². The van der Waals surface area contributed by atoms with Gasteiger partial charge in [-0.1, -0.05) is 6.92 Å². The minimum atomic E-state index is -1.16. The minimum Gasteiger partial charge on any atom is -0.480 e. The van der Waals surface area contributed by atoms with Crippen LogP contribution in [-0.2, 0) is 14.4 Å². The van der Waals surface area contributed by atoms with Gasteiger partial charge in [-0.2, -0.15) is 0 Å². The monoisotopic (exact) mass is 171 g/mol. The summed E-state index contributed by atoms with van der Waals surface area (Å²) in [6.07, 6.45) is 0.131. The first-order chi connectivity index (χ1) is 5.52. The predicted molar refractivity (Wildman–Crippen MR) is 38.1 cm³/mol. The lowest BCUT2D eigenvalue weighted by atomic mass is 10.1. The van der Waals surface area contributed by atoms with Gasteiger partial charge in [0.2, 0.25) is 11.8 Å². The van der Waals surface area contributed by atoms with Gasteiger partial charge in [-0.05, 0) is 0 Å². The van der Waals surface area contributed by atoms with E-state index in [9.17, 15) is 14.4 Å². The van der Waals surface area contributed by atoms with Crippen LogP contribution in [-0.4, -0.2) is 34.3 Å². The Hall–Kier alpha value is -1.39. The number of carbonyl (C=O) groups is 3. The van der Waals surface area contributed by atoms with Gasteiger partial charge in [-0.3, -0.25) is 19.3 Å². The van der Waals surface area contributed by atoms with Crippen LogP contribution in [0.15, 0.2) is 0 Å². The van der Waals surface area contributed by atoms with Crippen LogP contribution in [0.4, 0.5) is 0 Å². The Morgan fingerprint density at radius 1 is 1.67 bits per heavy atom. The van der Waals surface area contributed by atoms with Crippen LogP contribution in [0.25, 0.3) is 0 Å². The van der Waals surface area contributed by atoms with Crippen molar-refractivity contribution >= 4 is 17.8 Å². The normalized spacial score (nSPS) is 23.4. The quantitative estimate of drug-likeness (QED) is 0.566. The second kappa shape index (κ2) is 2.92. The number of nitrogens with zero attached hydrogens (tertiary/aromatic N) is 1. The molecule has 5 heteroatoms. The van der Waals surface area contributed by atoms with Crippen LogP contribution in [0.1, 0.15) is 13.3 Å². The molecule has 1 N–H and O–H groups in total. The highest BCUT2D eigenvalue weighted by molar-refractivity contribution is 6.05. The van der Waals surface area contributed by atoms with Crippen molar-refractivity contribution in [2.75, 3.05) is 6.54 Å². The number of hydrogen-bond acceptors (Lipinski definition) is 3. The Balaban J connectivity index is 2.70. The third-order valence-corrected chi connectivity index (χ3v) is 1.76. The summed E-state index contributed by atoms with van der Waals surface area (Å²) < 4.78 is 0. The molecule has 0 spiro atoms. The molecule has 1 heterocycles. The molecule has 2 amide bonds. The van der Waals surface area contributed by atoms with Gasteiger partial charge >= 0.3 is 5.97 Å². The summed E-state index contributed by atoms with van der Waals surface area (Å²) in [4.78, 5) is 33.1. The molecule has 0 aromatic carbocycles. The third-order valence-electron chi connectivity index (χ3n) is 1.76. The van der Waals surface area contributed by atoms with Crippen LogP contribution in [0.2, 0.25) is 0 Å². The van der Waals surface area contributed by atoms with E-state index in [0.717, 1.165) is 4.90 Å². The van der Waals surface area contributed by atoms with Gasteiger partial charge in [-0.25, -0.2) is 0 Å². The number of imide groups is 1. The Morgan fingerprint density at radius 3 is 2.58 bits per heavy atom. The SMILES string of the molecule is CC1CC(=O)N(CC(=O)O)C1=O. The topological polar surface area (TPSA) is 74.7 Å². The zero-order valence-electron chi connectivity index (χ0n) is 6.61. The van der Waals surface area contributed by atoms with Crippen molar-refractivity contribution in [3.63, 3.8) is 0 Å². The highest BCUT2D eigenvalue weighted by Gasteiger charge is 2.36. The van der Waals surface area contributed by atoms with Gasteiger partial charge in [0.25, 0.3) is 0 Å². The van der Waals surface area contributed by atoms with E-state index in [-0.39, 0.29) is 18.2 Å².